The van der Waals surface area contributed by atoms with Gasteiger partial charge in [-0.2, -0.15) is 0 Å². The van der Waals surface area contributed by atoms with E-state index in [0.29, 0.717) is 24.2 Å². The predicted molar refractivity (Wildman–Crippen MR) is 102 cm³/mol. The van der Waals surface area contributed by atoms with E-state index in [1.54, 1.807) is 18.2 Å². The van der Waals surface area contributed by atoms with Crippen LogP contribution in [0.2, 0.25) is 0 Å². The zero-order valence-corrected chi connectivity index (χ0v) is 14.9. The van der Waals surface area contributed by atoms with Crippen molar-refractivity contribution in [2.24, 2.45) is 0 Å². The largest absolute Gasteiger partial charge is 0.457 e. The Morgan fingerprint density at radius 1 is 1.35 bits per heavy atom. The number of nitrogens with zero attached hydrogens (tertiary/aromatic N) is 2. The first-order valence-electron chi connectivity index (χ1n) is 9.09. The molecule has 1 heterocycles. The lowest BCUT2D eigenvalue weighted by atomic mass is 10.3. The lowest BCUT2D eigenvalue weighted by Crippen LogP contribution is -2.12. The SMILES string of the molecule is C=C/C=C(\C=C/CF)Oc1ccc2ncn(CCOC3CCCC3)c2c1. The highest BCUT2D eigenvalue weighted by atomic mass is 19.1. The molecule has 3 rings (SSSR count). The van der Waals surface area contributed by atoms with Gasteiger partial charge < -0.3 is 14.0 Å². The zero-order chi connectivity index (χ0) is 18.2. The summed E-state index contributed by atoms with van der Waals surface area (Å²) in [6.07, 6.45) is 13.4. The quantitative estimate of drug-likeness (QED) is 0.470. The molecule has 0 unspecified atom stereocenters. The minimum atomic E-state index is -0.537. The lowest BCUT2D eigenvalue weighted by Gasteiger charge is -2.12. The van der Waals surface area contributed by atoms with Crippen molar-refractivity contribution in [2.45, 2.75) is 38.3 Å². The number of hydrogen-bond donors (Lipinski definition) is 0. The molecule has 0 saturated heterocycles. The predicted octanol–water partition coefficient (Wildman–Crippen LogP) is 4.97. The molecule has 1 aliphatic carbocycles. The summed E-state index contributed by atoms with van der Waals surface area (Å²) in [6, 6.07) is 5.72. The molecule has 0 radical (unpaired) electrons. The third-order valence-electron chi connectivity index (χ3n) is 4.47. The van der Waals surface area contributed by atoms with Crippen LogP contribution in [0.15, 0.2) is 61.2 Å². The third-order valence-corrected chi connectivity index (χ3v) is 4.47. The maximum Gasteiger partial charge on any atom is 0.129 e. The molecule has 0 amide bonds. The highest BCUT2D eigenvalue weighted by molar-refractivity contribution is 5.77. The van der Waals surface area contributed by atoms with E-state index >= 15 is 0 Å². The molecule has 0 atom stereocenters. The fourth-order valence-electron chi connectivity index (χ4n) is 3.19. The van der Waals surface area contributed by atoms with Gasteiger partial charge in [-0.3, -0.25) is 0 Å². The first-order chi connectivity index (χ1) is 12.8. The van der Waals surface area contributed by atoms with Crippen molar-refractivity contribution in [1.82, 2.24) is 9.55 Å². The minimum absolute atomic E-state index is 0.414. The number of fused-ring (bicyclic) bond motifs is 1. The van der Waals surface area contributed by atoms with E-state index < -0.39 is 6.67 Å². The van der Waals surface area contributed by atoms with Crippen molar-refractivity contribution in [3.8, 4) is 5.75 Å². The molecule has 0 aliphatic heterocycles. The van der Waals surface area contributed by atoms with Crippen LogP contribution in [0.1, 0.15) is 25.7 Å². The number of imidazole rings is 1. The molecule has 26 heavy (non-hydrogen) atoms. The fourth-order valence-corrected chi connectivity index (χ4v) is 3.19. The van der Waals surface area contributed by atoms with Crippen LogP contribution in [-0.2, 0) is 11.3 Å². The highest BCUT2D eigenvalue weighted by Crippen LogP contribution is 2.23. The van der Waals surface area contributed by atoms with Gasteiger partial charge in [0.15, 0.2) is 0 Å². The number of rotatable bonds is 9. The van der Waals surface area contributed by atoms with Crippen molar-refractivity contribution in [1.29, 1.82) is 0 Å². The summed E-state index contributed by atoms with van der Waals surface area (Å²) < 4.78 is 26.2. The second kappa shape index (κ2) is 9.34. The summed E-state index contributed by atoms with van der Waals surface area (Å²) in [5.41, 5.74) is 1.90. The molecule has 0 bridgehead atoms. The summed E-state index contributed by atoms with van der Waals surface area (Å²) in [5.74, 6) is 1.21. The summed E-state index contributed by atoms with van der Waals surface area (Å²) in [5, 5.41) is 0. The molecule has 1 saturated carbocycles. The number of allylic oxidation sites excluding steroid dienone is 4. The van der Waals surface area contributed by atoms with Gasteiger partial charge in [0.2, 0.25) is 0 Å². The molecular formula is C21H25FN2O2. The molecule has 0 spiro atoms. The van der Waals surface area contributed by atoms with Gasteiger partial charge >= 0.3 is 0 Å². The molecule has 5 heteroatoms. The third kappa shape index (κ3) is 4.82. The van der Waals surface area contributed by atoms with Gasteiger partial charge in [0.25, 0.3) is 0 Å². The van der Waals surface area contributed by atoms with Crippen molar-refractivity contribution >= 4 is 11.0 Å². The van der Waals surface area contributed by atoms with E-state index in [-0.39, 0.29) is 0 Å². The Labute approximate surface area is 153 Å². The van der Waals surface area contributed by atoms with Crippen LogP contribution in [-0.4, -0.2) is 28.9 Å². The summed E-state index contributed by atoms with van der Waals surface area (Å²) in [6.45, 7) is 4.56. The summed E-state index contributed by atoms with van der Waals surface area (Å²) in [7, 11) is 0. The zero-order valence-electron chi connectivity index (χ0n) is 14.9. The Bertz CT molecular complexity index is 788. The number of alkyl halides is 1. The number of benzene rings is 1. The summed E-state index contributed by atoms with van der Waals surface area (Å²) in [4.78, 5) is 4.43. The average molecular weight is 356 g/mol. The Kier molecular flexibility index (Phi) is 6.61. The van der Waals surface area contributed by atoms with E-state index in [1.165, 1.54) is 31.8 Å². The molecule has 138 valence electrons. The molecule has 0 N–H and O–H groups in total. The Morgan fingerprint density at radius 2 is 2.19 bits per heavy atom. The maximum atomic E-state index is 12.4. The van der Waals surface area contributed by atoms with Crippen molar-refractivity contribution in [2.75, 3.05) is 13.3 Å². The molecule has 1 fully saturated rings. The van der Waals surface area contributed by atoms with Gasteiger partial charge in [-0.25, -0.2) is 9.37 Å². The maximum absolute atomic E-state index is 12.4. The van der Waals surface area contributed by atoms with Crippen LogP contribution in [0.3, 0.4) is 0 Å². The molecule has 4 nitrogen and oxygen atoms in total. The number of ether oxygens (including phenoxy) is 2. The molecule has 1 aromatic heterocycles. The topological polar surface area (TPSA) is 36.3 Å². The second-order valence-electron chi connectivity index (χ2n) is 6.33. The first-order valence-corrected chi connectivity index (χ1v) is 9.09. The van der Waals surface area contributed by atoms with E-state index in [2.05, 4.69) is 16.1 Å². The monoisotopic (exact) mass is 356 g/mol. The normalized spacial score (nSPS) is 16.0. The standard InChI is InChI=1S/C21H25FN2O2/c1-2-6-18(9-5-12-22)26-19-10-11-20-21(15-19)24(16-23-20)13-14-25-17-7-3-4-8-17/h2,5-6,9-11,15-17H,1,3-4,7-8,12-14H2/b9-5-,18-6+. The first kappa shape index (κ1) is 18.4. The van der Waals surface area contributed by atoms with E-state index in [9.17, 15) is 4.39 Å². The van der Waals surface area contributed by atoms with Crippen molar-refractivity contribution < 1.29 is 13.9 Å². The molecular weight excluding hydrogens is 331 g/mol. The number of halogens is 1. The van der Waals surface area contributed by atoms with Crippen LogP contribution in [0.25, 0.3) is 11.0 Å². The van der Waals surface area contributed by atoms with Crippen LogP contribution in [0.5, 0.6) is 5.75 Å². The van der Waals surface area contributed by atoms with Crippen LogP contribution < -0.4 is 4.74 Å². The van der Waals surface area contributed by atoms with Crippen molar-refractivity contribution in [3.63, 3.8) is 0 Å². The summed E-state index contributed by atoms with van der Waals surface area (Å²) >= 11 is 0. The van der Waals surface area contributed by atoms with E-state index in [0.717, 1.165) is 17.6 Å². The Morgan fingerprint density at radius 3 is 2.96 bits per heavy atom. The van der Waals surface area contributed by atoms with Gasteiger partial charge in [0.05, 0.1) is 30.1 Å². The van der Waals surface area contributed by atoms with Crippen LogP contribution in [0, 0.1) is 0 Å². The van der Waals surface area contributed by atoms with E-state index in [1.807, 2.05) is 24.5 Å². The van der Waals surface area contributed by atoms with Gasteiger partial charge in [-0.1, -0.05) is 31.6 Å². The lowest BCUT2D eigenvalue weighted by molar-refractivity contribution is 0.0534. The van der Waals surface area contributed by atoms with Gasteiger partial charge in [-0.15, -0.1) is 0 Å². The number of aromatic nitrogens is 2. The van der Waals surface area contributed by atoms with E-state index in [4.69, 9.17) is 9.47 Å². The second-order valence-corrected chi connectivity index (χ2v) is 6.33. The fraction of sp³-hybridized carbons (Fsp3) is 0.381. The Balaban J connectivity index is 1.69. The van der Waals surface area contributed by atoms with Crippen LogP contribution in [0.4, 0.5) is 4.39 Å². The molecule has 1 aromatic carbocycles. The average Bonchev–Trinajstić information content (AvgIpc) is 3.30. The smallest absolute Gasteiger partial charge is 0.129 e. The molecule has 1 aliphatic rings. The Hall–Kier alpha value is -2.40. The highest BCUT2D eigenvalue weighted by Gasteiger charge is 2.15. The van der Waals surface area contributed by atoms with Gasteiger partial charge in [0, 0.05) is 12.6 Å². The molecule has 2 aromatic rings. The number of hydrogen-bond acceptors (Lipinski definition) is 3. The van der Waals surface area contributed by atoms with Gasteiger partial charge in [0.1, 0.15) is 18.2 Å². The van der Waals surface area contributed by atoms with Gasteiger partial charge in [-0.05, 0) is 37.1 Å². The minimum Gasteiger partial charge on any atom is -0.457 e. The van der Waals surface area contributed by atoms with Crippen LogP contribution >= 0.6 is 0 Å². The van der Waals surface area contributed by atoms with Crippen molar-refractivity contribution in [3.05, 3.63) is 61.2 Å².